The van der Waals surface area contributed by atoms with Crippen molar-refractivity contribution in [1.29, 1.82) is 0 Å². The minimum atomic E-state index is -0.134. The fourth-order valence-corrected chi connectivity index (χ4v) is 3.66. The summed E-state index contributed by atoms with van der Waals surface area (Å²) >= 11 is 5.99. The molecule has 0 unspecified atom stereocenters. The van der Waals surface area contributed by atoms with Crippen LogP contribution in [0, 0.1) is 0 Å². The lowest BCUT2D eigenvalue weighted by atomic mass is 10.1. The van der Waals surface area contributed by atoms with Crippen LogP contribution in [-0.4, -0.2) is 28.9 Å². The number of hydrogen-bond acceptors (Lipinski definition) is 4. The minimum absolute atomic E-state index is 0.119. The topological polar surface area (TPSA) is 64.2 Å². The molecule has 5 nitrogen and oxygen atoms in total. The zero-order chi connectivity index (χ0) is 18.1. The van der Waals surface area contributed by atoms with Crippen molar-refractivity contribution in [3.8, 4) is 5.69 Å². The van der Waals surface area contributed by atoms with Crippen molar-refractivity contribution in [2.75, 3.05) is 18.0 Å². The Morgan fingerprint density at radius 3 is 2.54 bits per heavy atom. The van der Waals surface area contributed by atoms with Gasteiger partial charge in [0.1, 0.15) is 0 Å². The normalized spacial score (nSPS) is 18.1. The van der Waals surface area contributed by atoms with Gasteiger partial charge in [-0.25, -0.2) is 0 Å². The van der Waals surface area contributed by atoms with Gasteiger partial charge in [-0.05, 0) is 43.2 Å². The first kappa shape index (κ1) is 17.1. The van der Waals surface area contributed by atoms with Crippen LogP contribution in [0.1, 0.15) is 19.3 Å². The molecular weight excluding hydrogens is 348 g/mol. The Balaban J connectivity index is 1.92. The molecule has 0 amide bonds. The first-order valence-electron chi connectivity index (χ1n) is 8.92. The van der Waals surface area contributed by atoms with Crippen molar-refractivity contribution in [1.82, 2.24) is 9.78 Å². The maximum Gasteiger partial charge on any atom is 0.279 e. The molecule has 1 atom stereocenters. The van der Waals surface area contributed by atoms with E-state index in [0.717, 1.165) is 43.6 Å². The molecule has 2 heterocycles. The Morgan fingerprint density at radius 2 is 1.77 bits per heavy atom. The van der Waals surface area contributed by atoms with Crippen molar-refractivity contribution in [2.24, 2.45) is 5.73 Å². The lowest BCUT2D eigenvalue weighted by Gasteiger charge is -2.25. The number of fused-ring (bicyclic) bond motifs is 1. The molecule has 1 aliphatic rings. The van der Waals surface area contributed by atoms with Crippen LogP contribution < -0.4 is 16.2 Å². The van der Waals surface area contributed by atoms with Crippen molar-refractivity contribution < 1.29 is 0 Å². The first-order valence-corrected chi connectivity index (χ1v) is 9.30. The van der Waals surface area contributed by atoms with E-state index >= 15 is 0 Å². The molecule has 0 bridgehead atoms. The van der Waals surface area contributed by atoms with E-state index in [1.165, 1.54) is 4.68 Å². The van der Waals surface area contributed by atoms with Crippen molar-refractivity contribution in [3.63, 3.8) is 0 Å². The Morgan fingerprint density at radius 1 is 1.04 bits per heavy atom. The summed E-state index contributed by atoms with van der Waals surface area (Å²) in [6, 6.07) is 14.9. The number of nitrogens with two attached hydrogens (primary N) is 1. The smallest absolute Gasteiger partial charge is 0.279 e. The minimum Gasteiger partial charge on any atom is -0.353 e. The molecular formula is C20H21ClN4O. The lowest BCUT2D eigenvalue weighted by molar-refractivity contribution is 0.618. The monoisotopic (exact) mass is 368 g/mol. The number of halogens is 1. The Labute approximate surface area is 157 Å². The van der Waals surface area contributed by atoms with Crippen LogP contribution in [0.15, 0.2) is 53.3 Å². The molecule has 2 N–H and O–H groups in total. The van der Waals surface area contributed by atoms with Gasteiger partial charge in [-0.2, -0.15) is 4.68 Å². The van der Waals surface area contributed by atoms with E-state index in [9.17, 15) is 4.79 Å². The number of nitrogens with zero attached hydrogens (tertiary/aromatic N) is 3. The molecule has 0 saturated carbocycles. The summed E-state index contributed by atoms with van der Waals surface area (Å²) in [6.07, 6.45) is 3.21. The number of hydrogen-bond donors (Lipinski definition) is 1. The molecule has 0 aliphatic carbocycles. The van der Waals surface area contributed by atoms with Gasteiger partial charge in [-0.1, -0.05) is 36.2 Å². The lowest BCUT2D eigenvalue weighted by Crippen LogP contribution is -2.37. The SMILES string of the molecule is N[C@@H]1CCCCN(c2nn(-c3ccc(Cl)cc3)c(=O)c3ccccc23)C1. The van der Waals surface area contributed by atoms with Gasteiger partial charge >= 0.3 is 0 Å². The molecule has 1 aromatic heterocycles. The van der Waals surface area contributed by atoms with Gasteiger partial charge in [-0.15, -0.1) is 5.10 Å². The number of aromatic nitrogens is 2. The van der Waals surface area contributed by atoms with Gasteiger partial charge in [0.05, 0.1) is 11.1 Å². The second-order valence-corrected chi connectivity index (χ2v) is 7.20. The zero-order valence-electron chi connectivity index (χ0n) is 14.4. The largest absolute Gasteiger partial charge is 0.353 e. The van der Waals surface area contributed by atoms with E-state index in [4.69, 9.17) is 22.4 Å². The highest BCUT2D eigenvalue weighted by molar-refractivity contribution is 6.30. The third-order valence-corrected chi connectivity index (χ3v) is 5.12. The van der Waals surface area contributed by atoms with E-state index in [1.54, 1.807) is 12.1 Å². The molecule has 6 heteroatoms. The average molecular weight is 369 g/mol. The summed E-state index contributed by atoms with van der Waals surface area (Å²) in [5.74, 6) is 0.813. The number of benzene rings is 2. The zero-order valence-corrected chi connectivity index (χ0v) is 15.2. The van der Waals surface area contributed by atoms with Gasteiger partial charge in [0, 0.05) is 29.5 Å². The molecule has 1 aliphatic heterocycles. The van der Waals surface area contributed by atoms with Gasteiger partial charge < -0.3 is 10.6 Å². The maximum absolute atomic E-state index is 13.0. The van der Waals surface area contributed by atoms with E-state index in [0.29, 0.717) is 16.1 Å². The predicted octanol–water partition coefficient (Wildman–Crippen LogP) is 3.36. The van der Waals surface area contributed by atoms with E-state index in [1.807, 2.05) is 36.4 Å². The second kappa shape index (κ2) is 7.09. The van der Waals surface area contributed by atoms with Crippen LogP contribution >= 0.6 is 11.6 Å². The second-order valence-electron chi connectivity index (χ2n) is 6.76. The highest BCUT2D eigenvalue weighted by atomic mass is 35.5. The maximum atomic E-state index is 13.0. The van der Waals surface area contributed by atoms with E-state index in [2.05, 4.69) is 4.90 Å². The summed E-state index contributed by atoms with van der Waals surface area (Å²) in [6.45, 7) is 1.64. The van der Waals surface area contributed by atoms with E-state index in [-0.39, 0.29) is 11.6 Å². The Hall–Kier alpha value is -2.37. The summed E-state index contributed by atoms with van der Waals surface area (Å²) in [5, 5.41) is 6.89. The number of rotatable bonds is 2. The van der Waals surface area contributed by atoms with Crippen molar-refractivity contribution in [3.05, 3.63) is 63.9 Å². The van der Waals surface area contributed by atoms with Gasteiger partial charge in [0.25, 0.3) is 5.56 Å². The molecule has 2 aromatic carbocycles. The summed E-state index contributed by atoms with van der Waals surface area (Å²) in [5.41, 5.74) is 6.82. The molecule has 1 saturated heterocycles. The molecule has 26 heavy (non-hydrogen) atoms. The highest BCUT2D eigenvalue weighted by Gasteiger charge is 2.21. The predicted molar refractivity (Wildman–Crippen MR) is 106 cm³/mol. The molecule has 0 radical (unpaired) electrons. The quantitative estimate of drug-likeness (QED) is 0.753. The molecule has 134 valence electrons. The van der Waals surface area contributed by atoms with Gasteiger partial charge in [0.2, 0.25) is 0 Å². The first-order chi connectivity index (χ1) is 12.6. The van der Waals surface area contributed by atoms with Crippen LogP contribution in [0.4, 0.5) is 5.82 Å². The number of anilines is 1. The highest BCUT2D eigenvalue weighted by Crippen LogP contribution is 2.25. The van der Waals surface area contributed by atoms with Crippen LogP contribution in [0.25, 0.3) is 16.5 Å². The standard InChI is InChI=1S/C20H21ClN4O/c21-14-8-10-16(11-9-14)25-20(26)18-7-2-1-6-17(18)19(23-25)24-12-4-3-5-15(22)13-24/h1-2,6-11,15H,3-5,12-13,22H2/t15-/m1/s1. The third kappa shape index (κ3) is 3.20. The Kier molecular flexibility index (Phi) is 4.66. The molecule has 3 aromatic rings. The van der Waals surface area contributed by atoms with Crippen LogP contribution in [-0.2, 0) is 0 Å². The Bertz CT molecular complexity index is 983. The molecule has 4 rings (SSSR count). The van der Waals surface area contributed by atoms with Crippen LogP contribution in [0.5, 0.6) is 0 Å². The van der Waals surface area contributed by atoms with Crippen molar-refractivity contribution >= 4 is 28.2 Å². The summed E-state index contributed by atoms with van der Waals surface area (Å²) in [4.78, 5) is 15.2. The average Bonchev–Trinajstić information content (AvgIpc) is 2.88. The summed E-state index contributed by atoms with van der Waals surface area (Å²) in [7, 11) is 0. The molecule has 0 spiro atoms. The fourth-order valence-electron chi connectivity index (χ4n) is 3.53. The molecule has 1 fully saturated rings. The van der Waals surface area contributed by atoms with Crippen LogP contribution in [0.3, 0.4) is 0 Å². The van der Waals surface area contributed by atoms with Crippen molar-refractivity contribution in [2.45, 2.75) is 25.3 Å². The van der Waals surface area contributed by atoms with E-state index < -0.39 is 0 Å². The van der Waals surface area contributed by atoms with Crippen LogP contribution in [0.2, 0.25) is 5.02 Å². The summed E-state index contributed by atoms with van der Waals surface area (Å²) < 4.78 is 1.46. The fraction of sp³-hybridized carbons (Fsp3) is 0.300. The van der Waals surface area contributed by atoms with Gasteiger partial charge in [-0.3, -0.25) is 4.79 Å². The van der Waals surface area contributed by atoms with Gasteiger partial charge in [0.15, 0.2) is 5.82 Å². The third-order valence-electron chi connectivity index (χ3n) is 4.86.